The third-order valence-electron chi connectivity index (χ3n) is 3.23. The number of hydrogen-bond acceptors (Lipinski definition) is 9. The highest BCUT2D eigenvalue weighted by Gasteiger charge is 2.20. The van der Waals surface area contributed by atoms with Gasteiger partial charge in [-0.2, -0.15) is 11.8 Å². The molecule has 0 radical (unpaired) electrons. The molecule has 25 heavy (non-hydrogen) atoms. The second-order valence-corrected chi connectivity index (χ2v) is 9.30. The lowest BCUT2D eigenvalue weighted by Gasteiger charge is -1.99. The number of rotatable bonds is 6. The number of carbonyl (C=O) groups is 1. The van der Waals surface area contributed by atoms with E-state index in [9.17, 15) is 9.59 Å². The van der Waals surface area contributed by atoms with Crippen LogP contribution in [0.25, 0.3) is 10.2 Å². The average molecular weight is 414 g/mol. The summed E-state index contributed by atoms with van der Waals surface area (Å²) in [6.07, 6.45) is 1.94. The third kappa shape index (κ3) is 3.89. The molecule has 0 unspecified atom stereocenters. The van der Waals surface area contributed by atoms with Crippen molar-refractivity contribution in [2.75, 3.05) is 17.3 Å². The minimum Gasteiger partial charge on any atom is -0.309 e. The van der Waals surface area contributed by atoms with Gasteiger partial charge >= 0.3 is 0 Å². The number of nitrogens with zero attached hydrogens (tertiary/aromatic N) is 3. The number of amides is 1. The summed E-state index contributed by atoms with van der Waals surface area (Å²) in [4.78, 5) is 33.2. The Morgan fingerprint density at radius 1 is 1.32 bits per heavy atom. The zero-order valence-corrected chi connectivity index (χ0v) is 17.0. The van der Waals surface area contributed by atoms with Crippen LogP contribution in [0.1, 0.15) is 28.0 Å². The van der Waals surface area contributed by atoms with Crippen LogP contribution in [0.4, 0.5) is 5.13 Å². The van der Waals surface area contributed by atoms with Crippen LogP contribution in [0, 0.1) is 6.92 Å². The summed E-state index contributed by atoms with van der Waals surface area (Å²) < 4.78 is 0.811. The van der Waals surface area contributed by atoms with Crippen LogP contribution in [0.5, 0.6) is 0 Å². The summed E-state index contributed by atoms with van der Waals surface area (Å²) in [5, 5.41) is 11.7. The van der Waals surface area contributed by atoms with Gasteiger partial charge in [0.05, 0.1) is 16.0 Å². The lowest BCUT2D eigenvalue weighted by atomic mass is 10.2. The Labute approximate surface area is 160 Å². The van der Waals surface area contributed by atoms with E-state index >= 15 is 0 Å². The van der Waals surface area contributed by atoms with Gasteiger partial charge in [-0.3, -0.25) is 14.9 Å². The third-order valence-corrected chi connectivity index (χ3v) is 6.83. The van der Waals surface area contributed by atoms with E-state index in [4.69, 9.17) is 0 Å². The fourth-order valence-corrected chi connectivity index (χ4v) is 5.36. The molecule has 0 saturated carbocycles. The zero-order valence-electron chi connectivity index (χ0n) is 13.7. The topological polar surface area (TPSA) is 101 Å². The highest BCUT2D eigenvalue weighted by molar-refractivity contribution is 8.01. The molecular weight excluding hydrogens is 398 g/mol. The molecule has 2 N–H and O–H groups in total. The molecule has 3 aromatic heterocycles. The minimum absolute atomic E-state index is 0.209. The quantitative estimate of drug-likeness (QED) is 0.472. The van der Waals surface area contributed by atoms with Gasteiger partial charge in [0.2, 0.25) is 5.13 Å². The van der Waals surface area contributed by atoms with Crippen LogP contribution in [0.15, 0.2) is 9.13 Å². The molecule has 0 aliphatic rings. The van der Waals surface area contributed by atoms with Crippen LogP contribution in [0.3, 0.4) is 0 Å². The number of thiophene rings is 1. The molecule has 0 aliphatic heterocycles. The van der Waals surface area contributed by atoms with Gasteiger partial charge in [0, 0.05) is 0 Å². The SMILES string of the molecule is CCSc1nnc(NC(=O)c2sc3nc(CSC)[nH]c(=O)c3c2C)s1. The molecule has 7 nitrogen and oxygen atoms in total. The highest BCUT2D eigenvalue weighted by Crippen LogP contribution is 2.29. The van der Waals surface area contributed by atoms with E-state index in [0.29, 0.717) is 37.4 Å². The van der Waals surface area contributed by atoms with Crippen molar-refractivity contribution >= 4 is 67.5 Å². The molecule has 3 rings (SSSR count). The number of aryl methyl sites for hydroxylation is 1. The molecule has 11 heteroatoms. The van der Waals surface area contributed by atoms with Crippen LogP contribution in [0.2, 0.25) is 0 Å². The predicted octanol–water partition coefficient (Wildman–Crippen LogP) is 3.37. The number of hydrogen-bond donors (Lipinski definition) is 2. The van der Waals surface area contributed by atoms with Gasteiger partial charge in [0.1, 0.15) is 10.7 Å². The number of fused-ring (bicyclic) bond motifs is 1. The first-order valence-electron chi connectivity index (χ1n) is 7.32. The Bertz CT molecular complexity index is 977. The van der Waals surface area contributed by atoms with Crippen LogP contribution < -0.4 is 10.9 Å². The lowest BCUT2D eigenvalue weighted by molar-refractivity contribution is 0.103. The first kappa shape index (κ1) is 18.4. The van der Waals surface area contributed by atoms with E-state index < -0.39 is 0 Å². The number of aromatic amines is 1. The number of anilines is 1. The average Bonchev–Trinajstić information content (AvgIpc) is 3.13. The smallest absolute Gasteiger partial charge is 0.267 e. The second kappa shape index (κ2) is 7.85. The highest BCUT2D eigenvalue weighted by atomic mass is 32.2. The summed E-state index contributed by atoms with van der Waals surface area (Å²) in [6, 6.07) is 0. The van der Waals surface area contributed by atoms with Crippen LogP contribution in [-0.2, 0) is 5.75 Å². The number of nitrogens with one attached hydrogen (secondary N) is 2. The number of aromatic nitrogens is 4. The van der Waals surface area contributed by atoms with Crippen molar-refractivity contribution in [3.63, 3.8) is 0 Å². The Balaban J connectivity index is 1.91. The van der Waals surface area contributed by atoms with Gasteiger partial charge in [-0.1, -0.05) is 30.0 Å². The molecule has 0 saturated heterocycles. The molecule has 0 spiro atoms. The van der Waals surface area contributed by atoms with E-state index in [-0.39, 0.29) is 11.5 Å². The van der Waals surface area contributed by atoms with E-state index in [0.717, 1.165) is 10.1 Å². The van der Waals surface area contributed by atoms with Crippen molar-refractivity contribution in [2.45, 2.75) is 23.9 Å². The largest absolute Gasteiger partial charge is 0.309 e. The first-order chi connectivity index (χ1) is 12.0. The maximum Gasteiger partial charge on any atom is 0.267 e. The lowest BCUT2D eigenvalue weighted by Crippen LogP contribution is -2.13. The Hall–Kier alpha value is -1.43. The van der Waals surface area contributed by atoms with Crippen molar-refractivity contribution in [3.05, 3.63) is 26.6 Å². The van der Waals surface area contributed by atoms with Gasteiger partial charge in [-0.25, -0.2) is 4.98 Å². The van der Waals surface area contributed by atoms with Crippen molar-refractivity contribution in [3.8, 4) is 0 Å². The fourth-order valence-electron chi connectivity index (χ4n) is 2.21. The Kier molecular flexibility index (Phi) is 5.77. The van der Waals surface area contributed by atoms with Crippen molar-refractivity contribution in [1.29, 1.82) is 0 Å². The fraction of sp³-hybridized carbons (Fsp3) is 0.357. The normalized spacial score (nSPS) is 11.2. The molecule has 0 aliphatic carbocycles. The van der Waals surface area contributed by atoms with E-state index in [2.05, 4.69) is 25.5 Å². The standard InChI is InChI=1S/C14H15N5O2S4/c1-4-23-14-19-18-13(25-14)17-11(21)9-6(2)8-10(20)15-7(5-22-3)16-12(8)24-9/h4-5H2,1-3H3,(H,15,16,20)(H,17,18,21). The maximum absolute atomic E-state index is 12.6. The molecular formula is C14H15N5O2S4. The van der Waals surface area contributed by atoms with E-state index in [1.54, 1.807) is 30.4 Å². The summed E-state index contributed by atoms with van der Waals surface area (Å²) in [6.45, 7) is 3.79. The van der Waals surface area contributed by atoms with Crippen molar-refractivity contribution in [2.24, 2.45) is 0 Å². The van der Waals surface area contributed by atoms with Crippen molar-refractivity contribution in [1.82, 2.24) is 20.2 Å². The minimum atomic E-state index is -0.296. The zero-order chi connectivity index (χ0) is 18.0. The number of thioether (sulfide) groups is 2. The molecule has 0 atom stereocenters. The van der Waals surface area contributed by atoms with Crippen LogP contribution in [-0.4, -0.2) is 38.1 Å². The van der Waals surface area contributed by atoms with Gasteiger partial charge in [0.25, 0.3) is 11.5 Å². The molecule has 1 amide bonds. The number of H-pyrrole nitrogens is 1. The van der Waals surface area contributed by atoms with E-state index in [1.165, 1.54) is 22.7 Å². The van der Waals surface area contributed by atoms with Gasteiger partial charge in [0.15, 0.2) is 4.34 Å². The summed E-state index contributed by atoms with van der Waals surface area (Å²) in [5.41, 5.74) is 0.425. The van der Waals surface area contributed by atoms with Gasteiger partial charge in [-0.15, -0.1) is 21.5 Å². The Morgan fingerprint density at radius 2 is 2.12 bits per heavy atom. The molecule has 0 aromatic carbocycles. The second-order valence-electron chi connectivity index (χ2n) is 4.94. The monoisotopic (exact) mass is 413 g/mol. The number of carbonyl (C=O) groups excluding carboxylic acids is 1. The van der Waals surface area contributed by atoms with Crippen molar-refractivity contribution < 1.29 is 4.79 Å². The van der Waals surface area contributed by atoms with Gasteiger partial charge in [-0.05, 0) is 24.5 Å². The summed E-state index contributed by atoms with van der Waals surface area (Å²) in [5.74, 6) is 1.83. The van der Waals surface area contributed by atoms with Crippen LogP contribution >= 0.6 is 46.2 Å². The van der Waals surface area contributed by atoms with E-state index in [1.807, 2.05) is 13.2 Å². The molecule has 3 heterocycles. The maximum atomic E-state index is 12.6. The predicted molar refractivity (Wildman–Crippen MR) is 106 cm³/mol. The molecule has 0 fully saturated rings. The summed E-state index contributed by atoms with van der Waals surface area (Å²) in [7, 11) is 0. The molecule has 0 bridgehead atoms. The first-order valence-corrected chi connectivity index (χ1v) is 11.3. The molecule has 3 aromatic rings. The summed E-state index contributed by atoms with van der Waals surface area (Å²) >= 11 is 5.70. The Morgan fingerprint density at radius 3 is 2.84 bits per heavy atom. The molecule has 132 valence electrons. The van der Waals surface area contributed by atoms with Gasteiger partial charge < -0.3 is 4.98 Å².